The number of hydrogen-bond acceptors (Lipinski definition) is 6. The van der Waals surface area contributed by atoms with Crippen LogP contribution in [0.1, 0.15) is 17.3 Å². The van der Waals surface area contributed by atoms with Crippen LogP contribution >= 0.6 is 0 Å². The van der Waals surface area contributed by atoms with E-state index >= 15 is 0 Å². The number of aliphatic hydroxyl groups excluding tert-OH is 1. The molecule has 0 saturated carbocycles. The molecular weight excluding hydrogens is 284 g/mol. The van der Waals surface area contributed by atoms with Crippen LogP contribution in [0.25, 0.3) is 0 Å². The molecule has 0 heterocycles. The van der Waals surface area contributed by atoms with E-state index in [1.807, 2.05) is 0 Å². The van der Waals surface area contributed by atoms with Crippen LogP contribution in [0, 0.1) is 0 Å². The van der Waals surface area contributed by atoms with Gasteiger partial charge in [0.2, 0.25) is 10.0 Å². The van der Waals surface area contributed by atoms with Gasteiger partial charge in [-0.05, 0) is 25.1 Å². The predicted molar refractivity (Wildman–Crippen MR) is 73.7 cm³/mol. The molecule has 0 spiro atoms. The molecule has 8 heteroatoms. The van der Waals surface area contributed by atoms with Crippen LogP contribution in [0.3, 0.4) is 0 Å². The second kappa shape index (κ2) is 6.21. The molecule has 1 aromatic rings. The lowest BCUT2D eigenvalue weighted by molar-refractivity contribution is 0.0596. The molecule has 1 rings (SSSR count). The van der Waals surface area contributed by atoms with Gasteiger partial charge in [0.15, 0.2) is 0 Å². The Labute approximate surface area is 118 Å². The van der Waals surface area contributed by atoms with Crippen molar-refractivity contribution in [3.63, 3.8) is 0 Å². The van der Waals surface area contributed by atoms with Gasteiger partial charge >= 0.3 is 5.97 Å². The van der Waals surface area contributed by atoms with Crippen molar-refractivity contribution in [2.45, 2.75) is 17.9 Å². The lowest BCUT2D eigenvalue weighted by atomic mass is 10.2. The lowest BCUT2D eigenvalue weighted by Crippen LogP contribution is -2.34. The number of hydrogen-bond donors (Lipinski definition) is 2. The summed E-state index contributed by atoms with van der Waals surface area (Å²) in [6.07, 6.45) is -0.836. The molecule has 1 unspecified atom stereocenters. The van der Waals surface area contributed by atoms with Crippen molar-refractivity contribution in [2.75, 3.05) is 26.4 Å². The predicted octanol–water partition coefficient (Wildman–Crippen LogP) is 0.0567. The highest BCUT2D eigenvalue weighted by molar-refractivity contribution is 7.89. The van der Waals surface area contributed by atoms with E-state index in [4.69, 9.17) is 5.73 Å². The molecule has 0 aliphatic rings. The summed E-state index contributed by atoms with van der Waals surface area (Å²) >= 11 is 0. The zero-order chi connectivity index (χ0) is 15.5. The number of nitrogen functional groups attached to an aromatic ring is 1. The number of rotatable bonds is 5. The fourth-order valence-electron chi connectivity index (χ4n) is 1.67. The van der Waals surface area contributed by atoms with Gasteiger partial charge in [-0.1, -0.05) is 0 Å². The number of carbonyl (C=O) groups is 1. The van der Waals surface area contributed by atoms with Crippen molar-refractivity contribution in [2.24, 2.45) is 0 Å². The van der Waals surface area contributed by atoms with Crippen LogP contribution in [-0.2, 0) is 14.8 Å². The largest absolute Gasteiger partial charge is 0.465 e. The second-order valence-corrected chi connectivity index (χ2v) is 6.40. The Bertz CT molecular complexity index is 598. The molecule has 20 heavy (non-hydrogen) atoms. The maximum absolute atomic E-state index is 12.4. The molecular formula is C12H18N2O5S. The maximum atomic E-state index is 12.4. The molecule has 0 aliphatic heterocycles. The minimum Gasteiger partial charge on any atom is -0.465 e. The Balaban J connectivity index is 3.36. The zero-order valence-electron chi connectivity index (χ0n) is 11.5. The van der Waals surface area contributed by atoms with Crippen molar-refractivity contribution in [1.82, 2.24) is 4.31 Å². The monoisotopic (exact) mass is 302 g/mol. The molecule has 1 atom stereocenters. The number of methoxy groups -OCH3 is 1. The number of nitrogens with two attached hydrogens (primary N) is 1. The minimum absolute atomic E-state index is 0.0980. The van der Waals surface area contributed by atoms with Crippen molar-refractivity contribution < 1.29 is 23.1 Å². The van der Waals surface area contributed by atoms with Gasteiger partial charge in [-0.15, -0.1) is 0 Å². The summed E-state index contributed by atoms with van der Waals surface area (Å²) in [4.78, 5) is 11.4. The van der Waals surface area contributed by atoms with Crippen molar-refractivity contribution in [3.8, 4) is 0 Å². The first-order chi connectivity index (χ1) is 9.20. The van der Waals surface area contributed by atoms with Gasteiger partial charge < -0.3 is 15.6 Å². The van der Waals surface area contributed by atoms with E-state index in [1.165, 1.54) is 32.2 Å². The van der Waals surface area contributed by atoms with Crippen LogP contribution in [0.15, 0.2) is 23.1 Å². The van der Waals surface area contributed by atoms with Gasteiger partial charge in [-0.2, -0.15) is 4.31 Å². The number of carbonyl (C=O) groups excluding carboxylic acids is 1. The summed E-state index contributed by atoms with van der Waals surface area (Å²) in [6, 6.07) is 3.91. The first-order valence-corrected chi connectivity index (χ1v) is 7.26. The van der Waals surface area contributed by atoms with E-state index in [1.54, 1.807) is 0 Å². The van der Waals surface area contributed by atoms with Crippen molar-refractivity contribution in [1.29, 1.82) is 0 Å². The summed E-state index contributed by atoms with van der Waals surface area (Å²) in [5, 5.41) is 9.29. The molecule has 0 amide bonds. The maximum Gasteiger partial charge on any atom is 0.339 e. The van der Waals surface area contributed by atoms with Gasteiger partial charge in [-0.25, -0.2) is 13.2 Å². The number of sulfonamides is 1. The van der Waals surface area contributed by atoms with Crippen LogP contribution in [0.2, 0.25) is 0 Å². The first-order valence-electron chi connectivity index (χ1n) is 5.82. The van der Waals surface area contributed by atoms with Gasteiger partial charge in [-0.3, -0.25) is 0 Å². The Hall–Kier alpha value is -1.64. The molecule has 0 aromatic heterocycles. The second-order valence-electron chi connectivity index (χ2n) is 4.38. The Morgan fingerprint density at radius 2 is 2.10 bits per heavy atom. The Kier molecular flexibility index (Phi) is 5.09. The van der Waals surface area contributed by atoms with E-state index in [9.17, 15) is 18.3 Å². The lowest BCUT2D eigenvalue weighted by Gasteiger charge is -2.20. The molecule has 3 N–H and O–H groups in total. The normalized spacial score (nSPS) is 13.2. The van der Waals surface area contributed by atoms with Crippen LogP contribution in [-0.4, -0.2) is 50.6 Å². The minimum atomic E-state index is -3.95. The smallest absolute Gasteiger partial charge is 0.339 e. The Morgan fingerprint density at radius 1 is 1.50 bits per heavy atom. The number of anilines is 1. The van der Waals surface area contributed by atoms with E-state index in [-0.39, 0.29) is 22.7 Å². The molecule has 0 radical (unpaired) electrons. The highest BCUT2D eigenvalue weighted by Crippen LogP contribution is 2.23. The molecule has 7 nitrogen and oxygen atoms in total. The molecule has 0 aliphatic carbocycles. The highest BCUT2D eigenvalue weighted by atomic mass is 32.2. The molecule has 0 bridgehead atoms. The number of nitrogens with zero attached hydrogens (tertiary/aromatic N) is 1. The third-order valence-corrected chi connectivity index (χ3v) is 4.48. The molecule has 0 saturated heterocycles. The number of benzene rings is 1. The fraction of sp³-hybridized carbons (Fsp3) is 0.417. The summed E-state index contributed by atoms with van der Waals surface area (Å²) in [5.74, 6) is -0.769. The summed E-state index contributed by atoms with van der Waals surface area (Å²) in [7, 11) is -1.48. The third-order valence-electron chi connectivity index (χ3n) is 2.62. The average molecular weight is 302 g/mol. The van der Waals surface area contributed by atoms with Crippen LogP contribution < -0.4 is 5.73 Å². The highest BCUT2D eigenvalue weighted by Gasteiger charge is 2.28. The number of ether oxygens (including phenoxy) is 1. The fourth-order valence-corrected chi connectivity index (χ4v) is 3.13. The summed E-state index contributed by atoms with van der Waals surface area (Å²) in [6.45, 7) is 1.37. The van der Waals surface area contributed by atoms with Gasteiger partial charge in [0.05, 0.1) is 23.7 Å². The summed E-state index contributed by atoms with van der Waals surface area (Å²) in [5.41, 5.74) is 5.69. The van der Waals surface area contributed by atoms with Gasteiger partial charge in [0, 0.05) is 19.3 Å². The molecule has 0 fully saturated rings. The number of likely N-dealkylation sites (N-methyl/N-ethyl adjacent to an activating group) is 1. The number of aliphatic hydroxyl groups is 1. The van der Waals surface area contributed by atoms with Gasteiger partial charge in [0.25, 0.3) is 0 Å². The SMILES string of the molecule is COC(=O)c1ccc(N)cc1S(=O)(=O)N(C)CC(C)O. The third kappa shape index (κ3) is 3.47. The van der Waals surface area contributed by atoms with Crippen molar-refractivity contribution >= 4 is 21.7 Å². The number of esters is 1. The standard InChI is InChI=1S/C12H18N2O5S/c1-8(15)7-14(2)20(17,18)11-6-9(13)4-5-10(11)12(16)19-3/h4-6,8,15H,7,13H2,1-3H3. The Morgan fingerprint density at radius 3 is 2.60 bits per heavy atom. The van der Waals surface area contributed by atoms with Crippen LogP contribution in [0.5, 0.6) is 0 Å². The zero-order valence-corrected chi connectivity index (χ0v) is 12.3. The first kappa shape index (κ1) is 16.4. The quantitative estimate of drug-likeness (QED) is 0.588. The topological polar surface area (TPSA) is 110 Å². The summed E-state index contributed by atoms with van der Waals surface area (Å²) < 4.78 is 30.3. The van der Waals surface area contributed by atoms with Crippen molar-refractivity contribution in [3.05, 3.63) is 23.8 Å². The van der Waals surface area contributed by atoms with Gasteiger partial charge in [0.1, 0.15) is 0 Å². The average Bonchev–Trinajstić information content (AvgIpc) is 2.36. The van der Waals surface area contributed by atoms with E-state index in [0.717, 1.165) is 11.4 Å². The van der Waals surface area contributed by atoms with E-state index in [2.05, 4.69) is 4.74 Å². The van der Waals surface area contributed by atoms with E-state index < -0.39 is 22.1 Å². The molecule has 112 valence electrons. The molecule has 1 aromatic carbocycles. The van der Waals surface area contributed by atoms with Crippen LogP contribution in [0.4, 0.5) is 5.69 Å². The van der Waals surface area contributed by atoms with E-state index in [0.29, 0.717) is 0 Å².